The Morgan fingerprint density at radius 1 is 1.14 bits per heavy atom. The van der Waals surface area contributed by atoms with E-state index in [1.54, 1.807) is 0 Å². The van der Waals surface area contributed by atoms with Gasteiger partial charge in [-0.2, -0.15) is 0 Å². The molecule has 0 spiro atoms. The average Bonchev–Trinajstić information content (AvgIpc) is 2.82. The predicted molar refractivity (Wildman–Crippen MR) is 88.7 cm³/mol. The Hall–Kier alpha value is -1.39. The second kappa shape index (κ2) is 5.11. The second-order valence-electron chi connectivity index (χ2n) is 5.92. The topological polar surface area (TPSA) is 38.9 Å². The van der Waals surface area contributed by atoms with Crippen molar-refractivity contribution >= 4 is 38.5 Å². The standard InChI is InChI=1S/C16H14BrClN2O/c1-16(2,3)15-19-11(8-13(17)20-15)12-7-9-5-4-6-10(18)14(9)21-12/h4-8H,1-3H3. The molecule has 0 aliphatic rings. The van der Waals surface area contributed by atoms with Gasteiger partial charge in [-0.25, -0.2) is 9.97 Å². The van der Waals surface area contributed by atoms with Crippen LogP contribution in [0, 0.1) is 0 Å². The maximum Gasteiger partial charge on any atom is 0.154 e. The number of rotatable bonds is 1. The fourth-order valence-corrected chi connectivity index (χ4v) is 2.64. The van der Waals surface area contributed by atoms with Gasteiger partial charge in [0.15, 0.2) is 11.3 Å². The summed E-state index contributed by atoms with van der Waals surface area (Å²) in [5, 5.41) is 1.56. The normalized spacial score (nSPS) is 12.0. The summed E-state index contributed by atoms with van der Waals surface area (Å²) >= 11 is 9.60. The second-order valence-corrected chi connectivity index (χ2v) is 7.14. The van der Waals surface area contributed by atoms with E-state index in [2.05, 4.69) is 46.7 Å². The summed E-state index contributed by atoms with van der Waals surface area (Å²) in [5.41, 5.74) is 1.29. The molecule has 21 heavy (non-hydrogen) atoms. The molecule has 0 saturated carbocycles. The lowest BCUT2D eigenvalue weighted by Crippen LogP contribution is -2.16. The number of benzene rings is 1. The first kappa shape index (κ1) is 14.5. The first-order valence-electron chi connectivity index (χ1n) is 6.58. The van der Waals surface area contributed by atoms with Crippen LogP contribution in [0.5, 0.6) is 0 Å². The van der Waals surface area contributed by atoms with Gasteiger partial charge in [-0.3, -0.25) is 0 Å². The van der Waals surface area contributed by atoms with E-state index in [1.165, 1.54) is 0 Å². The molecule has 108 valence electrons. The van der Waals surface area contributed by atoms with Crippen molar-refractivity contribution in [3.63, 3.8) is 0 Å². The van der Waals surface area contributed by atoms with Crippen LogP contribution < -0.4 is 0 Å². The van der Waals surface area contributed by atoms with E-state index in [-0.39, 0.29) is 5.41 Å². The van der Waals surface area contributed by atoms with Crippen LogP contribution in [0.15, 0.2) is 39.4 Å². The zero-order valence-corrected chi connectivity index (χ0v) is 14.3. The molecule has 3 aromatic rings. The highest BCUT2D eigenvalue weighted by Gasteiger charge is 2.20. The fraction of sp³-hybridized carbons (Fsp3) is 0.250. The summed E-state index contributed by atoms with van der Waals surface area (Å²) in [5.74, 6) is 1.45. The molecule has 0 saturated heterocycles. The predicted octanol–water partition coefficient (Wildman–Crippen LogP) is 5.60. The van der Waals surface area contributed by atoms with Gasteiger partial charge in [0.2, 0.25) is 0 Å². The minimum absolute atomic E-state index is 0.137. The smallest absolute Gasteiger partial charge is 0.154 e. The number of hydrogen-bond donors (Lipinski definition) is 0. The van der Waals surface area contributed by atoms with Crippen LogP contribution in [0.1, 0.15) is 26.6 Å². The van der Waals surface area contributed by atoms with E-state index in [1.807, 2.05) is 30.3 Å². The van der Waals surface area contributed by atoms with Gasteiger partial charge in [-0.1, -0.05) is 44.5 Å². The molecule has 2 heterocycles. The van der Waals surface area contributed by atoms with Gasteiger partial charge in [0, 0.05) is 16.9 Å². The van der Waals surface area contributed by atoms with Gasteiger partial charge in [-0.05, 0) is 28.1 Å². The summed E-state index contributed by atoms with van der Waals surface area (Å²) in [7, 11) is 0. The fourth-order valence-electron chi connectivity index (χ4n) is 2.03. The van der Waals surface area contributed by atoms with E-state index in [0.717, 1.165) is 21.5 Å². The Morgan fingerprint density at radius 2 is 1.90 bits per heavy atom. The molecule has 3 rings (SSSR count). The Kier molecular flexibility index (Phi) is 3.54. The average molecular weight is 366 g/mol. The lowest BCUT2D eigenvalue weighted by atomic mass is 9.95. The highest BCUT2D eigenvalue weighted by atomic mass is 79.9. The van der Waals surface area contributed by atoms with Crippen LogP contribution in [-0.2, 0) is 5.41 Å². The SMILES string of the molecule is CC(C)(C)c1nc(Br)cc(-c2cc3cccc(Cl)c3o2)n1. The van der Waals surface area contributed by atoms with Crippen molar-refractivity contribution in [1.29, 1.82) is 0 Å². The Balaban J connectivity index is 2.18. The molecule has 0 fully saturated rings. The molecule has 0 amide bonds. The van der Waals surface area contributed by atoms with E-state index in [9.17, 15) is 0 Å². The molecule has 0 bridgehead atoms. The van der Waals surface area contributed by atoms with Crippen molar-refractivity contribution in [1.82, 2.24) is 9.97 Å². The van der Waals surface area contributed by atoms with Gasteiger partial charge < -0.3 is 4.42 Å². The molecule has 0 atom stereocenters. The molecule has 0 aliphatic carbocycles. The Bertz CT molecular complexity index is 821. The van der Waals surface area contributed by atoms with Crippen LogP contribution in [0.2, 0.25) is 5.02 Å². The number of furan rings is 1. The first-order valence-corrected chi connectivity index (χ1v) is 7.75. The highest BCUT2D eigenvalue weighted by molar-refractivity contribution is 9.10. The van der Waals surface area contributed by atoms with Crippen LogP contribution in [0.25, 0.3) is 22.4 Å². The number of halogens is 2. The maximum absolute atomic E-state index is 6.16. The van der Waals surface area contributed by atoms with Gasteiger partial charge >= 0.3 is 0 Å². The van der Waals surface area contributed by atoms with Gasteiger partial charge in [0.05, 0.1) is 5.02 Å². The molecule has 5 heteroatoms. The molecular formula is C16H14BrClN2O. The van der Waals surface area contributed by atoms with E-state index >= 15 is 0 Å². The van der Waals surface area contributed by atoms with E-state index < -0.39 is 0 Å². The highest BCUT2D eigenvalue weighted by Crippen LogP contribution is 2.32. The molecule has 0 radical (unpaired) electrons. The summed E-state index contributed by atoms with van der Waals surface area (Å²) in [6.45, 7) is 6.23. The quantitative estimate of drug-likeness (QED) is 0.527. The summed E-state index contributed by atoms with van der Waals surface area (Å²) in [4.78, 5) is 9.06. The molecule has 0 N–H and O–H groups in total. The molecule has 3 nitrogen and oxygen atoms in total. The Morgan fingerprint density at radius 3 is 2.57 bits per heavy atom. The minimum Gasteiger partial charge on any atom is -0.453 e. The number of fused-ring (bicyclic) bond motifs is 1. The largest absolute Gasteiger partial charge is 0.453 e. The zero-order valence-electron chi connectivity index (χ0n) is 11.9. The minimum atomic E-state index is -0.137. The number of hydrogen-bond acceptors (Lipinski definition) is 3. The maximum atomic E-state index is 6.16. The molecule has 0 unspecified atom stereocenters. The van der Waals surface area contributed by atoms with Crippen LogP contribution >= 0.6 is 27.5 Å². The van der Waals surface area contributed by atoms with Crippen molar-refractivity contribution in [3.05, 3.63) is 45.8 Å². The molecule has 1 aromatic carbocycles. The van der Waals surface area contributed by atoms with Crippen LogP contribution in [0.4, 0.5) is 0 Å². The monoisotopic (exact) mass is 364 g/mol. The molecule has 0 aliphatic heterocycles. The van der Waals surface area contributed by atoms with Gasteiger partial charge in [0.25, 0.3) is 0 Å². The first-order chi connectivity index (χ1) is 9.84. The third-order valence-corrected chi connectivity index (χ3v) is 3.82. The van der Waals surface area contributed by atoms with Crippen molar-refractivity contribution in [2.75, 3.05) is 0 Å². The summed E-state index contributed by atoms with van der Waals surface area (Å²) in [6.07, 6.45) is 0. The zero-order chi connectivity index (χ0) is 15.2. The lowest BCUT2D eigenvalue weighted by Gasteiger charge is -2.17. The number of aromatic nitrogens is 2. The van der Waals surface area contributed by atoms with Gasteiger partial charge in [-0.15, -0.1) is 0 Å². The third kappa shape index (κ3) is 2.83. The number of nitrogens with zero attached hydrogens (tertiary/aromatic N) is 2. The molecule has 2 aromatic heterocycles. The summed E-state index contributed by atoms with van der Waals surface area (Å²) < 4.78 is 6.60. The van der Waals surface area contributed by atoms with Crippen molar-refractivity contribution in [3.8, 4) is 11.5 Å². The van der Waals surface area contributed by atoms with E-state index in [4.69, 9.17) is 16.0 Å². The van der Waals surface area contributed by atoms with Crippen LogP contribution in [-0.4, -0.2) is 9.97 Å². The third-order valence-electron chi connectivity index (χ3n) is 3.11. The van der Waals surface area contributed by atoms with Crippen molar-refractivity contribution < 1.29 is 4.42 Å². The number of para-hydroxylation sites is 1. The van der Waals surface area contributed by atoms with E-state index in [0.29, 0.717) is 16.4 Å². The lowest BCUT2D eigenvalue weighted by molar-refractivity contribution is 0.542. The van der Waals surface area contributed by atoms with Crippen LogP contribution in [0.3, 0.4) is 0 Å². The van der Waals surface area contributed by atoms with Crippen molar-refractivity contribution in [2.24, 2.45) is 0 Å². The molecular weight excluding hydrogens is 352 g/mol. The van der Waals surface area contributed by atoms with Crippen molar-refractivity contribution in [2.45, 2.75) is 26.2 Å². The van der Waals surface area contributed by atoms with Gasteiger partial charge in [0.1, 0.15) is 16.1 Å². The summed E-state index contributed by atoms with van der Waals surface area (Å²) in [6, 6.07) is 9.48. The Labute approximate surface area is 136 Å².